The SMILES string of the molecule is COCC(O)CN(C)CCC(C)CCBr. The molecule has 0 aliphatic rings. The number of aliphatic hydroxyl groups is 1. The number of ether oxygens (including phenoxy) is 1. The Kier molecular flexibility index (Phi) is 9.81. The molecule has 2 atom stereocenters. The average Bonchev–Trinajstić information content (AvgIpc) is 2.15. The number of rotatable bonds is 9. The van der Waals surface area contributed by atoms with Gasteiger partial charge in [-0.05, 0) is 32.4 Å². The fourth-order valence-corrected chi connectivity index (χ4v) is 2.25. The molecule has 0 amide bonds. The maximum Gasteiger partial charge on any atom is 0.0899 e. The van der Waals surface area contributed by atoms with Crippen molar-refractivity contribution in [3.63, 3.8) is 0 Å². The van der Waals surface area contributed by atoms with Crippen LogP contribution in [-0.2, 0) is 4.74 Å². The van der Waals surface area contributed by atoms with E-state index in [4.69, 9.17) is 4.74 Å². The van der Waals surface area contributed by atoms with Crippen LogP contribution in [0.1, 0.15) is 19.8 Å². The molecule has 0 aromatic carbocycles. The van der Waals surface area contributed by atoms with E-state index in [0.29, 0.717) is 13.2 Å². The predicted molar refractivity (Wildman–Crippen MR) is 67.6 cm³/mol. The highest BCUT2D eigenvalue weighted by Crippen LogP contribution is 2.09. The third-order valence-corrected chi connectivity index (χ3v) is 2.94. The van der Waals surface area contributed by atoms with Crippen LogP contribution in [0.3, 0.4) is 0 Å². The Morgan fingerprint density at radius 2 is 2.07 bits per heavy atom. The smallest absolute Gasteiger partial charge is 0.0899 e. The number of methoxy groups -OCH3 is 1. The van der Waals surface area contributed by atoms with Gasteiger partial charge in [0.05, 0.1) is 12.7 Å². The molecular weight excluding hydrogens is 258 g/mol. The van der Waals surface area contributed by atoms with Crippen LogP contribution >= 0.6 is 15.9 Å². The number of hydrogen-bond acceptors (Lipinski definition) is 3. The third-order valence-electron chi connectivity index (χ3n) is 2.49. The summed E-state index contributed by atoms with van der Waals surface area (Å²) in [5.74, 6) is 0.742. The molecule has 0 saturated carbocycles. The molecule has 0 aliphatic carbocycles. The lowest BCUT2D eigenvalue weighted by Gasteiger charge is -2.21. The summed E-state index contributed by atoms with van der Waals surface area (Å²) in [6.45, 7) is 4.41. The van der Waals surface area contributed by atoms with Crippen molar-refractivity contribution in [3.05, 3.63) is 0 Å². The van der Waals surface area contributed by atoms with Gasteiger partial charge in [0.1, 0.15) is 0 Å². The molecular formula is C11H24BrNO2. The molecule has 1 N–H and O–H groups in total. The number of nitrogens with zero attached hydrogens (tertiary/aromatic N) is 1. The molecule has 3 nitrogen and oxygen atoms in total. The van der Waals surface area contributed by atoms with E-state index in [1.807, 2.05) is 7.05 Å². The Bertz CT molecular complexity index is 147. The van der Waals surface area contributed by atoms with Crippen molar-refractivity contribution in [2.24, 2.45) is 5.92 Å². The fraction of sp³-hybridized carbons (Fsp3) is 1.00. The second-order valence-corrected chi connectivity index (χ2v) is 5.04. The first kappa shape index (κ1) is 15.4. The fourth-order valence-electron chi connectivity index (χ4n) is 1.47. The van der Waals surface area contributed by atoms with Gasteiger partial charge in [-0.25, -0.2) is 0 Å². The number of aliphatic hydroxyl groups excluding tert-OH is 1. The van der Waals surface area contributed by atoms with Crippen molar-refractivity contribution in [1.82, 2.24) is 4.90 Å². The molecule has 2 unspecified atom stereocenters. The van der Waals surface area contributed by atoms with E-state index in [0.717, 1.165) is 17.8 Å². The normalized spacial score (nSPS) is 15.6. The van der Waals surface area contributed by atoms with Gasteiger partial charge in [-0.3, -0.25) is 0 Å². The van der Waals surface area contributed by atoms with E-state index < -0.39 is 0 Å². The van der Waals surface area contributed by atoms with Crippen LogP contribution in [0.2, 0.25) is 0 Å². The van der Waals surface area contributed by atoms with E-state index in [1.165, 1.54) is 12.8 Å². The van der Waals surface area contributed by atoms with Crippen molar-refractivity contribution in [1.29, 1.82) is 0 Å². The first-order valence-electron chi connectivity index (χ1n) is 5.51. The van der Waals surface area contributed by atoms with E-state index in [9.17, 15) is 5.11 Å². The Morgan fingerprint density at radius 1 is 1.40 bits per heavy atom. The summed E-state index contributed by atoms with van der Waals surface area (Å²) in [5, 5.41) is 10.6. The van der Waals surface area contributed by atoms with Crippen LogP contribution < -0.4 is 0 Å². The van der Waals surface area contributed by atoms with Crippen LogP contribution in [0, 0.1) is 5.92 Å². The minimum absolute atomic E-state index is 0.369. The Hall–Kier alpha value is 0.360. The summed E-state index contributed by atoms with van der Waals surface area (Å²) >= 11 is 3.45. The zero-order valence-electron chi connectivity index (χ0n) is 10.1. The molecule has 0 rings (SSSR count). The standard InChI is InChI=1S/C11H24BrNO2/c1-10(4-6-12)5-7-13(2)8-11(14)9-15-3/h10-11,14H,4-9H2,1-3H3. The molecule has 0 saturated heterocycles. The zero-order valence-corrected chi connectivity index (χ0v) is 11.7. The highest BCUT2D eigenvalue weighted by molar-refractivity contribution is 9.09. The minimum atomic E-state index is -0.369. The second-order valence-electron chi connectivity index (χ2n) is 4.24. The lowest BCUT2D eigenvalue weighted by Crippen LogP contribution is -2.33. The summed E-state index contributed by atoms with van der Waals surface area (Å²) in [6.07, 6.45) is 2.03. The van der Waals surface area contributed by atoms with Gasteiger partial charge in [-0.1, -0.05) is 22.9 Å². The van der Waals surface area contributed by atoms with Gasteiger partial charge in [0.15, 0.2) is 0 Å². The van der Waals surface area contributed by atoms with Crippen LogP contribution in [0.5, 0.6) is 0 Å². The molecule has 0 heterocycles. The summed E-state index contributed by atoms with van der Waals surface area (Å²) < 4.78 is 4.89. The number of likely N-dealkylation sites (N-methyl/N-ethyl adjacent to an activating group) is 1. The van der Waals surface area contributed by atoms with Crippen LogP contribution in [0.25, 0.3) is 0 Å². The molecule has 0 spiro atoms. The Morgan fingerprint density at radius 3 is 2.60 bits per heavy atom. The van der Waals surface area contributed by atoms with Gasteiger partial charge in [-0.15, -0.1) is 0 Å². The Labute approximate surface area is 102 Å². The number of halogens is 1. The van der Waals surface area contributed by atoms with Gasteiger partial charge in [-0.2, -0.15) is 0 Å². The largest absolute Gasteiger partial charge is 0.389 e. The van der Waals surface area contributed by atoms with Crippen LogP contribution in [0.4, 0.5) is 0 Å². The van der Waals surface area contributed by atoms with Crippen molar-refractivity contribution < 1.29 is 9.84 Å². The first-order valence-corrected chi connectivity index (χ1v) is 6.63. The first-order chi connectivity index (χ1) is 7.10. The van der Waals surface area contributed by atoms with Crippen molar-refractivity contribution >= 4 is 15.9 Å². The topological polar surface area (TPSA) is 32.7 Å². The zero-order chi connectivity index (χ0) is 11.7. The molecule has 0 aliphatic heterocycles. The maximum absolute atomic E-state index is 9.51. The van der Waals surface area contributed by atoms with E-state index in [2.05, 4.69) is 27.8 Å². The van der Waals surface area contributed by atoms with E-state index >= 15 is 0 Å². The molecule has 92 valence electrons. The van der Waals surface area contributed by atoms with Gasteiger partial charge in [0.2, 0.25) is 0 Å². The third kappa shape index (κ3) is 9.30. The summed E-state index contributed by atoms with van der Waals surface area (Å²) in [4.78, 5) is 2.16. The summed E-state index contributed by atoms with van der Waals surface area (Å²) in [5.41, 5.74) is 0. The van der Waals surface area contributed by atoms with Crippen molar-refractivity contribution in [3.8, 4) is 0 Å². The summed E-state index contributed by atoms with van der Waals surface area (Å²) in [6, 6.07) is 0. The lowest BCUT2D eigenvalue weighted by molar-refractivity contribution is 0.0424. The van der Waals surface area contributed by atoms with Gasteiger partial charge in [0.25, 0.3) is 0 Å². The van der Waals surface area contributed by atoms with Gasteiger partial charge in [0, 0.05) is 19.0 Å². The van der Waals surface area contributed by atoms with Crippen molar-refractivity contribution in [2.45, 2.75) is 25.9 Å². The molecule has 4 heteroatoms. The molecule has 0 radical (unpaired) electrons. The van der Waals surface area contributed by atoms with E-state index in [1.54, 1.807) is 7.11 Å². The highest BCUT2D eigenvalue weighted by Gasteiger charge is 2.09. The summed E-state index contributed by atoms with van der Waals surface area (Å²) in [7, 11) is 3.65. The number of alkyl halides is 1. The lowest BCUT2D eigenvalue weighted by atomic mass is 10.1. The monoisotopic (exact) mass is 281 g/mol. The van der Waals surface area contributed by atoms with Gasteiger partial charge >= 0.3 is 0 Å². The Balaban J connectivity index is 3.51. The van der Waals surface area contributed by atoms with E-state index in [-0.39, 0.29) is 6.10 Å². The molecule has 0 aromatic rings. The quantitative estimate of drug-likeness (QED) is 0.654. The molecule has 0 fully saturated rings. The molecule has 0 bridgehead atoms. The maximum atomic E-state index is 9.51. The minimum Gasteiger partial charge on any atom is -0.389 e. The van der Waals surface area contributed by atoms with Crippen molar-refractivity contribution in [2.75, 3.05) is 39.2 Å². The van der Waals surface area contributed by atoms with Gasteiger partial charge < -0.3 is 14.7 Å². The van der Waals surface area contributed by atoms with Crippen LogP contribution in [-0.4, -0.2) is 55.3 Å². The predicted octanol–water partition coefficient (Wildman–Crippen LogP) is 1.74. The second kappa shape index (κ2) is 9.58. The van der Waals surface area contributed by atoms with Crippen LogP contribution in [0.15, 0.2) is 0 Å². The highest BCUT2D eigenvalue weighted by atomic mass is 79.9. The molecule has 0 aromatic heterocycles. The number of hydrogen-bond donors (Lipinski definition) is 1. The molecule has 15 heavy (non-hydrogen) atoms. The average molecular weight is 282 g/mol.